The summed E-state index contributed by atoms with van der Waals surface area (Å²) in [5.41, 5.74) is 16.9. The maximum absolute atomic E-state index is 4.63. The zero-order chi connectivity index (χ0) is 38.8. The molecule has 0 amide bonds. The number of hydrogen-bond donors (Lipinski definition) is 0. The van der Waals surface area contributed by atoms with E-state index in [-0.39, 0.29) is 5.41 Å². The van der Waals surface area contributed by atoms with Gasteiger partial charge in [0.1, 0.15) is 0 Å². The molecule has 0 aliphatic heterocycles. The van der Waals surface area contributed by atoms with Crippen LogP contribution in [0.2, 0.25) is 0 Å². The van der Waals surface area contributed by atoms with Gasteiger partial charge < -0.3 is 4.57 Å². The van der Waals surface area contributed by atoms with Gasteiger partial charge in [-0.15, -0.1) is 0 Å². The van der Waals surface area contributed by atoms with Gasteiger partial charge >= 0.3 is 0 Å². The van der Waals surface area contributed by atoms with Crippen molar-refractivity contribution in [1.29, 1.82) is 0 Å². The molecule has 0 aliphatic carbocycles. The molecule has 2 nitrogen and oxygen atoms in total. The predicted octanol–water partition coefficient (Wildman–Crippen LogP) is 14.7. The molecular weight excluding hydrogens is 689 g/mol. The van der Waals surface area contributed by atoms with Crippen LogP contribution in [-0.4, -0.2) is 9.55 Å². The maximum Gasteiger partial charge on any atom is 0.0701 e. The third-order valence-electron chi connectivity index (χ3n) is 12.2. The summed E-state index contributed by atoms with van der Waals surface area (Å²) < 4.78 is 2.42. The molecule has 0 unspecified atom stereocenters. The number of benzene rings is 8. The average molecular weight is 733 g/mol. The number of aromatic nitrogens is 2. The van der Waals surface area contributed by atoms with Crippen molar-refractivity contribution < 1.29 is 0 Å². The van der Waals surface area contributed by atoms with Crippen LogP contribution in [0.4, 0.5) is 0 Å². The van der Waals surface area contributed by atoms with Crippen LogP contribution in [0.3, 0.4) is 0 Å². The summed E-state index contributed by atoms with van der Waals surface area (Å²) in [6.07, 6.45) is 1.86. The zero-order valence-corrected chi connectivity index (χ0v) is 33.1. The Morgan fingerprint density at radius 2 is 0.965 bits per heavy atom. The van der Waals surface area contributed by atoms with Gasteiger partial charge in [0.2, 0.25) is 0 Å². The first kappa shape index (κ1) is 34.7. The molecule has 274 valence electrons. The van der Waals surface area contributed by atoms with E-state index in [9.17, 15) is 0 Å². The Balaban J connectivity index is 1.21. The first-order valence-corrected chi connectivity index (χ1v) is 20.0. The van der Waals surface area contributed by atoms with E-state index in [4.69, 9.17) is 0 Å². The van der Waals surface area contributed by atoms with Crippen molar-refractivity contribution >= 4 is 43.4 Å². The molecule has 0 saturated carbocycles. The van der Waals surface area contributed by atoms with E-state index in [1.54, 1.807) is 0 Å². The monoisotopic (exact) mass is 732 g/mol. The van der Waals surface area contributed by atoms with E-state index >= 15 is 0 Å². The molecule has 8 aromatic carbocycles. The SMILES string of the molecule is Cc1ccc2c(c1)c1cc(C)ccc1n2-c1ccc(-c2c3ccccc3c(-c3ccc(-c4ccccn4)cc3)c3cc(C(C)(C)c4ccccc4)c(C)cc23)cc1. The number of nitrogens with zero attached hydrogens (tertiary/aromatic N) is 2. The Bertz CT molecular complexity index is 3070. The van der Waals surface area contributed by atoms with E-state index in [1.807, 2.05) is 18.3 Å². The van der Waals surface area contributed by atoms with Gasteiger partial charge in [0.25, 0.3) is 0 Å². The highest BCUT2D eigenvalue weighted by atomic mass is 15.0. The molecule has 0 radical (unpaired) electrons. The average Bonchev–Trinajstić information content (AvgIpc) is 3.55. The molecule has 2 heterocycles. The van der Waals surface area contributed by atoms with Gasteiger partial charge in [-0.25, -0.2) is 0 Å². The first-order chi connectivity index (χ1) is 27.8. The van der Waals surface area contributed by atoms with E-state index in [0.29, 0.717) is 0 Å². The second kappa shape index (κ2) is 13.5. The summed E-state index contributed by atoms with van der Waals surface area (Å²) >= 11 is 0. The highest BCUT2D eigenvalue weighted by Gasteiger charge is 2.27. The highest BCUT2D eigenvalue weighted by molar-refractivity contribution is 6.22. The van der Waals surface area contributed by atoms with Crippen molar-refractivity contribution in [2.24, 2.45) is 0 Å². The van der Waals surface area contributed by atoms with Gasteiger partial charge in [-0.1, -0.05) is 140 Å². The Morgan fingerprint density at radius 1 is 0.439 bits per heavy atom. The number of hydrogen-bond acceptors (Lipinski definition) is 1. The summed E-state index contributed by atoms with van der Waals surface area (Å²) in [5.74, 6) is 0. The zero-order valence-electron chi connectivity index (χ0n) is 33.1. The van der Waals surface area contributed by atoms with Crippen LogP contribution in [0.15, 0.2) is 176 Å². The molecule has 10 aromatic rings. The molecule has 2 heteroatoms. The lowest BCUT2D eigenvalue weighted by Crippen LogP contribution is -2.20. The number of pyridine rings is 1. The van der Waals surface area contributed by atoms with Gasteiger partial charge in [-0.2, -0.15) is 0 Å². The van der Waals surface area contributed by atoms with E-state index in [0.717, 1.165) is 16.9 Å². The molecule has 0 aliphatic rings. The smallest absolute Gasteiger partial charge is 0.0701 e. The van der Waals surface area contributed by atoms with Gasteiger partial charge in [0.15, 0.2) is 0 Å². The van der Waals surface area contributed by atoms with Crippen molar-refractivity contribution in [1.82, 2.24) is 9.55 Å². The summed E-state index contributed by atoms with van der Waals surface area (Å²) in [6, 6.07) is 62.8. The van der Waals surface area contributed by atoms with E-state index < -0.39 is 0 Å². The second-order valence-corrected chi connectivity index (χ2v) is 16.2. The Morgan fingerprint density at radius 3 is 1.54 bits per heavy atom. The van der Waals surface area contributed by atoms with Gasteiger partial charge in [-0.05, 0) is 136 Å². The predicted molar refractivity (Wildman–Crippen MR) is 243 cm³/mol. The molecule has 0 saturated heterocycles. The molecule has 0 atom stereocenters. The summed E-state index contributed by atoms with van der Waals surface area (Å²) in [6.45, 7) is 11.4. The highest BCUT2D eigenvalue weighted by Crippen LogP contribution is 2.47. The summed E-state index contributed by atoms with van der Waals surface area (Å²) in [7, 11) is 0. The third kappa shape index (κ3) is 5.75. The lowest BCUT2D eigenvalue weighted by molar-refractivity contribution is 0.637. The van der Waals surface area contributed by atoms with E-state index in [1.165, 1.54) is 93.4 Å². The Kier molecular flexibility index (Phi) is 8.20. The van der Waals surface area contributed by atoms with Crippen molar-refractivity contribution in [3.63, 3.8) is 0 Å². The van der Waals surface area contributed by atoms with Crippen molar-refractivity contribution in [2.75, 3.05) is 0 Å². The standard InChI is InChI=1S/C55H44N2/c1-35-18-28-51-45(31-35)46-32-36(2)19-29-52(46)57(51)42-26-24-40(25-27-42)53-43-15-9-10-16-44(43)54(39-22-20-38(21-23-39)50-17-11-12-30-56-50)48-34-49(37(3)33-47(48)53)55(4,5)41-13-7-6-8-14-41/h6-34H,1-5H3. The Hall–Kier alpha value is -6.77. The minimum absolute atomic E-state index is 0.202. The van der Waals surface area contributed by atoms with Crippen LogP contribution in [0.5, 0.6) is 0 Å². The van der Waals surface area contributed by atoms with Crippen LogP contribution >= 0.6 is 0 Å². The van der Waals surface area contributed by atoms with E-state index in [2.05, 4.69) is 202 Å². The third-order valence-corrected chi connectivity index (χ3v) is 12.2. The molecule has 57 heavy (non-hydrogen) atoms. The van der Waals surface area contributed by atoms with Crippen LogP contribution in [-0.2, 0) is 5.41 Å². The molecular formula is C55H44N2. The molecule has 0 bridgehead atoms. The summed E-state index contributed by atoms with van der Waals surface area (Å²) in [4.78, 5) is 4.63. The lowest BCUT2D eigenvalue weighted by Gasteiger charge is -2.29. The number of fused-ring (bicyclic) bond motifs is 5. The molecule has 0 spiro atoms. The Labute approximate surface area is 334 Å². The lowest BCUT2D eigenvalue weighted by atomic mass is 9.74. The largest absolute Gasteiger partial charge is 0.309 e. The molecule has 0 fully saturated rings. The molecule has 2 aromatic heterocycles. The number of rotatable bonds is 6. The van der Waals surface area contributed by atoms with Crippen LogP contribution in [0.25, 0.3) is 82.5 Å². The summed E-state index contributed by atoms with van der Waals surface area (Å²) in [5, 5.41) is 7.61. The van der Waals surface area contributed by atoms with Gasteiger partial charge in [0.05, 0.1) is 16.7 Å². The number of aryl methyl sites for hydroxylation is 3. The minimum atomic E-state index is -0.202. The first-order valence-electron chi connectivity index (χ1n) is 20.0. The topological polar surface area (TPSA) is 17.8 Å². The fourth-order valence-electron chi connectivity index (χ4n) is 9.28. The normalized spacial score (nSPS) is 11.9. The fourth-order valence-corrected chi connectivity index (χ4v) is 9.28. The molecule has 10 rings (SSSR count). The maximum atomic E-state index is 4.63. The fraction of sp³-hybridized carbons (Fsp3) is 0.109. The minimum Gasteiger partial charge on any atom is -0.309 e. The quantitative estimate of drug-likeness (QED) is 0.156. The van der Waals surface area contributed by atoms with Crippen molar-refractivity contribution in [3.8, 4) is 39.2 Å². The van der Waals surface area contributed by atoms with Crippen molar-refractivity contribution in [3.05, 3.63) is 204 Å². The van der Waals surface area contributed by atoms with Crippen LogP contribution in [0.1, 0.15) is 41.7 Å². The van der Waals surface area contributed by atoms with Crippen molar-refractivity contribution in [2.45, 2.75) is 40.0 Å². The van der Waals surface area contributed by atoms with Crippen LogP contribution in [0, 0.1) is 20.8 Å². The van der Waals surface area contributed by atoms with Gasteiger partial charge in [-0.3, -0.25) is 4.98 Å². The van der Waals surface area contributed by atoms with Crippen LogP contribution < -0.4 is 0 Å². The molecule has 0 N–H and O–H groups in total. The second-order valence-electron chi connectivity index (χ2n) is 16.2. The van der Waals surface area contributed by atoms with Gasteiger partial charge in [0, 0.05) is 33.6 Å².